The first kappa shape index (κ1) is 13.5. The normalized spacial score (nSPS) is 11.1. The number of halogens is 1. The average Bonchev–Trinajstić information content (AvgIpc) is 2.94. The number of aryl methyl sites for hydroxylation is 1. The molecule has 0 aliphatic heterocycles. The number of hydrogen-bond acceptors (Lipinski definition) is 5. The van der Waals surface area contributed by atoms with Crippen molar-refractivity contribution in [3.63, 3.8) is 0 Å². The van der Waals surface area contributed by atoms with Gasteiger partial charge in [-0.2, -0.15) is 0 Å². The van der Waals surface area contributed by atoms with Crippen LogP contribution in [0.3, 0.4) is 0 Å². The number of ether oxygens (including phenoxy) is 1. The molecule has 98 valence electrons. The van der Waals surface area contributed by atoms with E-state index < -0.39 is 0 Å². The molecule has 0 aromatic carbocycles. The van der Waals surface area contributed by atoms with Crippen LogP contribution in [0.15, 0.2) is 16.0 Å². The van der Waals surface area contributed by atoms with Gasteiger partial charge >= 0.3 is 0 Å². The Hall–Kier alpha value is -0.880. The van der Waals surface area contributed by atoms with Crippen molar-refractivity contribution in [2.75, 3.05) is 20.3 Å². The van der Waals surface area contributed by atoms with Crippen LogP contribution in [0.1, 0.15) is 11.5 Å². The summed E-state index contributed by atoms with van der Waals surface area (Å²) in [6.45, 7) is 4.01. The van der Waals surface area contributed by atoms with Crippen molar-refractivity contribution in [3.8, 4) is 10.6 Å². The van der Waals surface area contributed by atoms with Gasteiger partial charge in [-0.05, 0) is 17.9 Å². The van der Waals surface area contributed by atoms with Crippen molar-refractivity contribution in [2.24, 2.45) is 0 Å². The van der Waals surface area contributed by atoms with Crippen LogP contribution in [0.25, 0.3) is 10.6 Å². The summed E-state index contributed by atoms with van der Waals surface area (Å²) in [6.07, 6.45) is 1.71. The van der Waals surface area contributed by atoms with Crippen molar-refractivity contribution in [1.29, 1.82) is 0 Å². The van der Waals surface area contributed by atoms with Gasteiger partial charge in [0.15, 0.2) is 5.76 Å². The van der Waals surface area contributed by atoms with Gasteiger partial charge in [-0.15, -0.1) is 11.3 Å². The van der Waals surface area contributed by atoms with E-state index in [0.29, 0.717) is 19.0 Å². The second-order valence-electron chi connectivity index (χ2n) is 3.85. The highest BCUT2D eigenvalue weighted by molar-refractivity contribution is 7.14. The third-order valence-corrected chi connectivity index (χ3v) is 4.15. The van der Waals surface area contributed by atoms with Gasteiger partial charge in [0, 0.05) is 13.7 Å². The number of aromatic nitrogens is 1. The van der Waals surface area contributed by atoms with Crippen LogP contribution < -0.4 is 5.32 Å². The van der Waals surface area contributed by atoms with Crippen LogP contribution in [0.5, 0.6) is 0 Å². The first-order valence-corrected chi connectivity index (χ1v) is 6.86. The lowest BCUT2D eigenvalue weighted by Crippen LogP contribution is -2.18. The molecule has 6 heteroatoms. The van der Waals surface area contributed by atoms with Crippen LogP contribution in [0, 0.1) is 6.92 Å². The molecule has 0 radical (unpaired) electrons. The maximum Gasteiger partial charge on any atom is 0.208 e. The molecule has 0 aliphatic carbocycles. The molecule has 0 spiro atoms. The summed E-state index contributed by atoms with van der Waals surface area (Å²) in [6, 6.07) is 0. The molecule has 0 unspecified atom stereocenters. The number of oxazole rings is 1. The van der Waals surface area contributed by atoms with Gasteiger partial charge < -0.3 is 14.5 Å². The van der Waals surface area contributed by atoms with Gasteiger partial charge in [0.25, 0.3) is 0 Å². The summed E-state index contributed by atoms with van der Waals surface area (Å²) in [5.41, 5.74) is 1.06. The Bertz CT molecular complexity index is 510. The predicted molar refractivity (Wildman–Crippen MR) is 73.1 cm³/mol. The zero-order valence-electron chi connectivity index (χ0n) is 10.3. The molecule has 2 aromatic rings. The third-order valence-electron chi connectivity index (χ3n) is 2.44. The summed E-state index contributed by atoms with van der Waals surface area (Å²) in [5, 5.41) is 5.93. The molecule has 2 heterocycles. The summed E-state index contributed by atoms with van der Waals surface area (Å²) < 4.78 is 10.6. The molecular formula is C12H15ClN2O2S. The Morgan fingerprint density at radius 3 is 3.06 bits per heavy atom. The Labute approximate surface area is 115 Å². The minimum Gasteiger partial charge on any atom is -0.438 e. The molecule has 2 aromatic heterocycles. The smallest absolute Gasteiger partial charge is 0.208 e. The first-order chi connectivity index (χ1) is 8.72. The van der Waals surface area contributed by atoms with E-state index in [9.17, 15) is 0 Å². The highest BCUT2D eigenvalue weighted by Crippen LogP contribution is 2.36. The maximum atomic E-state index is 6.19. The molecular weight excluding hydrogens is 272 g/mol. The Balaban J connectivity index is 2.00. The maximum absolute atomic E-state index is 6.19. The molecule has 18 heavy (non-hydrogen) atoms. The molecule has 0 fully saturated rings. The van der Waals surface area contributed by atoms with Gasteiger partial charge in [-0.3, -0.25) is 0 Å². The molecule has 0 atom stereocenters. The Morgan fingerprint density at radius 1 is 1.56 bits per heavy atom. The minimum absolute atomic E-state index is 0.589. The summed E-state index contributed by atoms with van der Waals surface area (Å²) in [4.78, 5) is 5.15. The Kier molecular flexibility index (Phi) is 4.77. The van der Waals surface area contributed by atoms with E-state index >= 15 is 0 Å². The molecule has 4 nitrogen and oxygen atoms in total. The third kappa shape index (κ3) is 3.11. The van der Waals surface area contributed by atoms with Gasteiger partial charge in [-0.25, -0.2) is 4.98 Å². The topological polar surface area (TPSA) is 47.3 Å². The van der Waals surface area contributed by atoms with E-state index in [0.717, 1.165) is 27.8 Å². The van der Waals surface area contributed by atoms with Crippen LogP contribution >= 0.6 is 22.9 Å². The monoisotopic (exact) mass is 286 g/mol. The van der Waals surface area contributed by atoms with Crippen LogP contribution in [-0.2, 0) is 11.3 Å². The predicted octanol–water partition coefficient (Wildman–Crippen LogP) is 3.10. The molecule has 0 aliphatic rings. The van der Waals surface area contributed by atoms with E-state index in [1.54, 1.807) is 24.6 Å². The van der Waals surface area contributed by atoms with Gasteiger partial charge in [0.05, 0.1) is 29.2 Å². The lowest BCUT2D eigenvalue weighted by molar-refractivity contribution is 0.198. The van der Waals surface area contributed by atoms with Crippen LogP contribution in [0.4, 0.5) is 0 Å². The molecule has 0 saturated heterocycles. The minimum atomic E-state index is 0.589. The molecule has 1 N–H and O–H groups in total. The Morgan fingerprint density at radius 2 is 2.39 bits per heavy atom. The van der Waals surface area contributed by atoms with Gasteiger partial charge in [0.2, 0.25) is 5.89 Å². The highest BCUT2D eigenvalue weighted by atomic mass is 35.5. The molecule has 0 saturated carbocycles. The quantitative estimate of drug-likeness (QED) is 0.829. The lowest BCUT2D eigenvalue weighted by atomic mass is 10.3. The molecule has 0 amide bonds. The first-order valence-electron chi connectivity index (χ1n) is 5.60. The van der Waals surface area contributed by atoms with Gasteiger partial charge in [-0.1, -0.05) is 11.6 Å². The van der Waals surface area contributed by atoms with Crippen molar-refractivity contribution in [2.45, 2.75) is 13.5 Å². The van der Waals surface area contributed by atoms with E-state index in [-0.39, 0.29) is 0 Å². The zero-order chi connectivity index (χ0) is 13.0. The van der Waals surface area contributed by atoms with Crippen molar-refractivity contribution >= 4 is 22.9 Å². The van der Waals surface area contributed by atoms with E-state index in [1.165, 1.54) is 0 Å². The standard InChI is InChI=1S/C12H15ClN2O2S/c1-8-7-18-12(11(8)13)9-5-15-10(17-9)6-14-3-4-16-2/h5,7,14H,3-4,6H2,1-2H3. The second-order valence-corrected chi connectivity index (χ2v) is 5.11. The van der Waals surface area contributed by atoms with E-state index in [2.05, 4.69) is 10.3 Å². The van der Waals surface area contributed by atoms with Crippen molar-refractivity contribution in [1.82, 2.24) is 10.3 Å². The fourth-order valence-corrected chi connectivity index (χ4v) is 2.70. The zero-order valence-corrected chi connectivity index (χ0v) is 11.9. The molecule has 2 rings (SSSR count). The lowest BCUT2D eigenvalue weighted by Gasteiger charge is -1.99. The van der Waals surface area contributed by atoms with Crippen molar-refractivity contribution in [3.05, 3.63) is 28.1 Å². The van der Waals surface area contributed by atoms with Crippen LogP contribution in [0.2, 0.25) is 5.02 Å². The fraction of sp³-hybridized carbons (Fsp3) is 0.417. The number of hydrogen-bond donors (Lipinski definition) is 1. The van der Waals surface area contributed by atoms with Crippen LogP contribution in [-0.4, -0.2) is 25.2 Å². The molecule has 0 bridgehead atoms. The number of nitrogens with zero attached hydrogens (tertiary/aromatic N) is 1. The highest BCUT2D eigenvalue weighted by Gasteiger charge is 2.13. The number of rotatable bonds is 6. The summed E-state index contributed by atoms with van der Waals surface area (Å²) >= 11 is 7.76. The summed E-state index contributed by atoms with van der Waals surface area (Å²) in [5.74, 6) is 1.38. The van der Waals surface area contributed by atoms with Gasteiger partial charge in [0.1, 0.15) is 0 Å². The van der Waals surface area contributed by atoms with E-state index in [4.69, 9.17) is 20.8 Å². The fourth-order valence-electron chi connectivity index (χ4n) is 1.46. The number of methoxy groups -OCH3 is 1. The average molecular weight is 287 g/mol. The SMILES string of the molecule is COCCNCc1ncc(-c2scc(C)c2Cl)o1. The van der Waals surface area contributed by atoms with E-state index in [1.807, 2.05) is 12.3 Å². The number of thiophene rings is 1. The largest absolute Gasteiger partial charge is 0.438 e. The number of nitrogens with one attached hydrogen (secondary N) is 1. The second kappa shape index (κ2) is 6.33. The van der Waals surface area contributed by atoms with Crippen molar-refractivity contribution < 1.29 is 9.15 Å². The summed E-state index contributed by atoms with van der Waals surface area (Å²) in [7, 11) is 1.67.